The minimum atomic E-state index is -0.603. The van der Waals surface area contributed by atoms with Gasteiger partial charge >= 0.3 is 5.97 Å². The number of hydrogen-bond acceptors (Lipinski definition) is 2. The number of carboxylic acids is 1. The van der Waals surface area contributed by atoms with Gasteiger partial charge in [0.25, 0.3) is 0 Å². The maximum atomic E-state index is 11.6. The number of benzene rings is 1. The van der Waals surface area contributed by atoms with Crippen molar-refractivity contribution < 1.29 is 9.90 Å². The first kappa shape index (κ1) is 11.7. The van der Waals surface area contributed by atoms with Gasteiger partial charge in [-0.25, -0.2) is 0 Å². The smallest absolute Gasteiger partial charge is 0.309 e. The normalized spacial score (nSPS) is 25.0. The molecule has 3 rings (SSSR count). The van der Waals surface area contributed by atoms with E-state index in [1.165, 1.54) is 11.1 Å². The molecule has 1 aromatic carbocycles. The number of aliphatic carboxylic acids is 1. The summed E-state index contributed by atoms with van der Waals surface area (Å²) in [4.78, 5) is 11.6. The van der Waals surface area contributed by atoms with Gasteiger partial charge in [0.2, 0.25) is 0 Å². The van der Waals surface area contributed by atoms with Gasteiger partial charge < -0.3 is 10.4 Å². The molecule has 96 valence electrons. The Labute approximate surface area is 107 Å². The predicted molar refractivity (Wildman–Crippen MR) is 69.7 cm³/mol. The van der Waals surface area contributed by atoms with Gasteiger partial charge in [0.15, 0.2) is 0 Å². The van der Waals surface area contributed by atoms with Gasteiger partial charge in [-0.05, 0) is 55.8 Å². The molecular formula is C15H19NO2. The second kappa shape index (κ2) is 4.39. The van der Waals surface area contributed by atoms with E-state index < -0.39 is 11.4 Å². The Hall–Kier alpha value is -1.35. The Kier molecular flexibility index (Phi) is 2.86. The Balaban J connectivity index is 1.77. The highest BCUT2D eigenvalue weighted by Crippen LogP contribution is 2.46. The molecule has 0 aromatic heterocycles. The van der Waals surface area contributed by atoms with E-state index in [0.717, 1.165) is 38.8 Å². The first-order valence-electron chi connectivity index (χ1n) is 6.73. The molecule has 1 heterocycles. The van der Waals surface area contributed by atoms with Crippen LogP contribution in [0.2, 0.25) is 0 Å². The maximum absolute atomic E-state index is 11.6. The van der Waals surface area contributed by atoms with Gasteiger partial charge in [-0.3, -0.25) is 4.79 Å². The van der Waals surface area contributed by atoms with Crippen LogP contribution in [0.25, 0.3) is 0 Å². The van der Waals surface area contributed by atoms with Crippen molar-refractivity contribution in [3.63, 3.8) is 0 Å². The van der Waals surface area contributed by atoms with Crippen molar-refractivity contribution in [3.05, 3.63) is 35.4 Å². The van der Waals surface area contributed by atoms with Crippen LogP contribution in [-0.4, -0.2) is 24.2 Å². The van der Waals surface area contributed by atoms with Crippen LogP contribution in [0.3, 0.4) is 0 Å². The lowest BCUT2D eigenvalue weighted by atomic mass is 9.65. The van der Waals surface area contributed by atoms with Gasteiger partial charge in [0.1, 0.15) is 0 Å². The summed E-state index contributed by atoms with van der Waals surface area (Å²) in [6, 6.07) is 8.43. The number of carboxylic acid groups (broad SMARTS) is 1. The molecule has 0 radical (unpaired) electrons. The molecule has 1 fully saturated rings. The summed E-state index contributed by atoms with van der Waals surface area (Å²) in [5.41, 5.74) is 2.28. The molecule has 1 saturated heterocycles. The van der Waals surface area contributed by atoms with Gasteiger partial charge in [-0.15, -0.1) is 0 Å². The second-order valence-electron chi connectivity index (χ2n) is 5.64. The van der Waals surface area contributed by atoms with E-state index >= 15 is 0 Å². The number of rotatable bonds is 3. The molecule has 0 amide bonds. The summed E-state index contributed by atoms with van der Waals surface area (Å²) in [5.74, 6) is -0.149. The van der Waals surface area contributed by atoms with E-state index in [-0.39, 0.29) is 0 Å². The number of hydrogen-bond donors (Lipinski definition) is 2. The minimum absolute atomic E-state index is 0.454. The zero-order chi connectivity index (χ0) is 12.6. The monoisotopic (exact) mass is 245 g/mol. The van der Waals surface area contributed by atoms with Gasteiger partial charge in [0, 0.05) is 0 Å². The average Bonchev–Trinajstić information content (AvgIpc) is 2.37. The zero-order valence-electron chi connectivity index (χ0n) is 10.5. The van der Waals surface area contributed by atoms with Crippen molar-refractivity contribution in [2.24, 2.45) is 5.41 Å². The highest BCUT2D eigenvalue weighted by Gasteiger charge is 2.43. The first-order valence-corrected chi connectivity index (χ1v) is 6.73. The summed E-state index contributed by atoms with van der Waals surface area (Å²) in [5, 5.41) is 12.8. The maximum Gasteiger partial charge on any atom is 0.309 e. The number of piperidine rings is 1. The van der Waals surface area contributed by atoms with Crippen molar-refractivity contribution >= 4 is 5.97 Å². The van der Waals surface area contributed by atoms with Crippen LogP contribution in [0.5, 0.6) is 0 Å². The summed E-state index contributed by atoms with van der Waals surface area (Å²) in [7, 11) is 0. The molecule has 18 heavy (non-hydrogen) atoms. The van der Waals surface area contributed by atoms with Crippen LogP contribution in [-0.2, 0) is 11.2 Å². The lowest BCUT2D eigenvalue weighted by Crippen LogP contribution is -2.44. The van der Waals surface area contributed by atoms with Crippen molar-refractivity contribution in [1.82, 2.24) is 5.32 Å². The van der Waals surface area contributed by atoms with Crippen molar-refractivity contribution in [1.29, 1.82) is 0 Å². The first-order chi connectivity index (χ1) is 8.71. The molecule has 1 aliphatic carbocycles. The molecule has 0 saturated carbocycles. The summed E-state index contributed by atoms with van der Waals surface area (Å²) < 4.78 is 0. The SMILES string of the molecule is O=C(O)C1(CC2Cc3ccccc32)CCNCC1. The fraction of sp³-hybridized carbons (Fsp3) is 0.533. The number of carbonyl (C=O) groups is 1. The largest absolute Gasteiger partial charge is 0.481 e. The number of fused-ring (bicyclic) bond motifs is 1. The molecule has 2 aliphatic rings. The van der Waals surface area contributed by atoms with Crippen molar-refractivity contribution in [2.45, 2.75) is 31.6 Å². The van der Waals surface area contributed by atoms with Crippen LogP contribution in [0.4, 0.5) is 0 Å². The van der Waals surface area contributed by atoms with Gasteiger partial charge in [-0.2, -0.15) is 0 Å². The van der Waals surface area contributed by atoms with E-state index in [4.69, 9.17) is 0 Å². The standard InChI is InChI=1S/C15H19NO2/c17-14(18)15(5-7-16-8-6-15)10-12-9-11-3-1-2-4-13(11)12/h1-4,12,16H,5-10H2,(H,17,18). The lowest BCUT2D eigenvalue weighted by Gasteiger charge is -2.40. The molecule has 2 N–H and O–H groups in total. The molecule has 1 unspecified atom stereocenters. The molecule has 3 nitrogen and oxygen atoms in total. The molecule has 1 aromatic rings. The highest BCUT2D eigenvalue weighted by molar-refractivity contribution is 5.75. The quantitative estimate of drug-likeness (QED) is 0.858. The molecule has 1 aliphatic heterocycles. The average molecular weight is 245 g/mol. The van der Waals surface area contributed by atoms with Crippen molar-refractivity contribution in [2.75, 3.05) is 13.1 Å². The fourth-order valence-electron chi connectivity index (χ4n) is 3.43. The third-order valence-corrected chi connectivity index (χ3v) is 4.61. The minimum Gasteiger partial charge on any atom is -0.481 e. The van der Waals surface area contributed by atoms with E-state index in [1.807, 2.05) is 0 Å². The zero-order valence-corrected chi connectivity index (χ0v) is 10.5. The predicted octanol–water partition coefficient (Wildman–Crippen LogP) is 2.17. The van der Waals surface area contributed by atoms with Gasteiger partial charge in [0.05, 0.1) is 5.41 Å². The lowest BCUT2D eigenvalue weighted by molar-refractivity contribution is -0.151. The Morgan fingerprint density at radius 3 is 2.72 bits per heavy atom. The van der Waals surface area contributed by atoms with E-state index in [1.54, 1.807) is 0 Å². The van der Waals surface area contributed by atoms with Crippen LogP contribution in [0.1, 0.15) is 36.3 Å². The van der Waals surface area contributed by atoms with Crippen LogP contribution in [0, 0.1) is 5.41 Å². The van der Waals surface area contributed by atoms with Gasteiger partial charge in [-0.1, -0.05) is 24.3 Å². The number of nitrogens with one attached hydrogen (secondary N) is 1. The van der Waals surface area contributed by atoms with E-state index in [0.29, 0.717) is 5.92 Å². The van der Waals surface area contributed by atoms with Crippen LogP contribution in [0.15, 0.2) is 24.3 Å². The Morgan fingerprint density at radius 2 is 2.06 bits per heavy atom. The summed E-state index contributed by atoms with van der Waals surface area (Å²) in [6.45, 7) is 1.67. The molecule has 1 atom stereocenters. The third-order valence-electron chi connectivity index (χ3n) is 4.61. The van der Waals surface area contributed by atoms with E-state index in [9.17, 15) is 9.90 Å². The Morgan fingerprint density at radius 1 is 1.33 bits per heavy atom. The fourth-order valence-corrected chi connectivity index (χ4v) is 3.43. The molecular weight excluding hydrogens is 226 g/mol. The second-order valence-corrected chi connectivity index (χ2v) is 5.64. The van der Waals surface area contributed by atoms with Crippen LogP contribution >= 0.6 is 0 Å². The molecule has 3 heteroatoms. The summed E-state index contributed by atoms with van der Waals surface area (Å²) in [6.07, 6.45) is 3.39. The third kappa shape index (κ3) is 1.83. The topological polar surface area (TPSA) is 49.3 Å². The molecule has 0 bridgehead atoms. The molecule has 0 spiro atoms. The van der Waals surface area contributed by atoms with Crippen molar-refractivity contribution in [3.8, 4) is 0 Å². The van der Waals surface area contributed by atoms with E-state index in [2.05, 4.69) is 29.6 Å². The Bertz CT molecular complexity index is 463. The van der Waals surface area contributed by atoms with Crippen LogP contribution < -0.4 is 5.32 Å². The summed E-state index contributed by atoms with van der Waals surface area (Å²) >= 11 is 0. The highest BCUT2D eigenvalue weighted by atomic mass is 16.4.